The second kappa shape index (κ2) is 9.94. The average molecular weight is 521 g/mol. The molecule has 2 heterocycles. The molecule has 5 heteroatoms. The third-order valence-corrected chi connectivity index (χ3v) is 7.79. The molecule has 6 aromatic carbocycles. The van der Waals surface area contributed by atoms with Gasteiger partial charge in [-0.25, -0.2) is 9.97 Å². The van der Waals surface area contributed by atoms with Gasteiger partial charge in [-0.15, -0.1) is 0 Å². The van der Waals surface area contributed by atoms with Crippen molar-refractivity contribution in [2.75, 3.05) is 0 Å². The van der Waals surface area contributed by atoms with Gasteiger partial charge in [-0.3, -0.25) is 4.57 Å². The first-order chi connectivity index (χ1) is 19.8. The predicted molar refractivity (Wildman–Crippen MR) is 160 cm³/mol. The number of aromatic amines is 1. The van der Waals surface area contributed by atoms with E-state index in [1.165, 1.54) is 0 Å². The summed E-state index contributed by atoms with van der Waals surface area (Å²) < 4.78 is 2.26. The molecule has 0 bridgehead atoms. The first-order valence-electron chi connectivity index (χ1n) is 13.4. The molecule has 0 spiro atoms. The Morgan fingerprint density at radius 2 is 1.15 bits per heavy atom. The van der Waals surface area contributed by atoms with E-state index in [0.717, 1.165) is 66.2 Å². The summed E-state index contributed by atoms with van der Waals surface area (Å²) in [4.78, 5) is 8.42. The number of hydrogen-bond donors (Lipinski definition) is 0. The zero-order chi connectivity index (χ0) is 26.6. The van der Waals surface area contributed by atoms with E-state index in [0.29, 0.717) is 5.52 Å². The van der Waals surface area contributed by atoms with E-state index in [2.05, 4.69) is 101 Å². The Bertz CT molecular complexity index is 2180. The largest absolute Gasteiger partial charge is 1.00 e. The van der Waals surface area contributed by atoms with Crippen molar-refractivity contribution in [3.63, 3.8) is 0 Å². The Labute approximate surface area is 248 Å². The molecule has 0 aliphatic heterocycles. The van der Waals surface area contributed by atoms with Gasteiger partial charge in [-0.1, -0.05) is 91.0 Å². The van der Waals surface area contributed by atoms with Gasteiger partial charge in [0.15, 0.2) is 6.20 Å². The number of para-hydroxylation sites is 3. The van der Waals surface area contributed by atoms with Crippen LogP contribution < -0.4 is 29.0 Å². The Morgan fingerprint density at radius 1 is 0.561 bits per heavy atom. The SMILES string of the molecule is [Li+].[O-]c1ccc(-c2c3ccccc3c(-c3nc4ccccc4n3-c3ccccc3)c3ccccc23)c2ccc[nH+]c12. The van der Waals surface area contributed by atoms with Crippen LogP contribution in [0.5, 0.6) is 5.75 Å². The van der Waals surface area contributed by atoms with E-state index in [9.17, 15) is 5.11 Å². The molecule has 2 aromatic heterocycles. The third kappa shape index (κ3) is 3.84. The number of pyridine rings is 1. The van der Waals surface area contributed by atoms with Gasteiger partial charge in [0.25, 0.3) is 0 Å². The van der Waals surface area contributed by atoms with Gasteiger partial charge in [-0.2, -0.15) is 0 Å². The van der Waals surface area contributed by atoms with Crippen LogP contribution in [0.2, 0.25) is 0 Å². The molecular formula is C36H23LiN3O+. The zero-order valence-corrected chi connectivity index (χ0v) is 22.5. The molecule has 0 radical (unpaired) electrons. The number of nitrogens with one attached hydrogen (secondary N) is 1. The van der Waals surface area contributed by atoms with Crippen molar-refractivity contribution < 1.29 is 29.0 Å². The number of rotatable bonds is 3. The molecule has 0 amide bonds. The van der Waals surface area contributed by atoms with Gasteiger partial charge in [0.1, 0.15) is 5.82 Å². The van der Waals surface area contributed by atoms with Crippen LogP contribution >= 0.6 is 0 Å². The number of hydrogen-bond acceptors (Lipinski definition) is 2. The van der Waals surface area contributed by atoms with Crippen LogP contribution in [0.25, 0.3) is 71.7 Å². The molecule has 8 aromatic rings. The van der Waals surface area contributed by atoms with Crippen LogP contribution in [-0.4, -0.2) is 9.55 Å². The van der Waals surface area contributed by atoms with Crippen molar-refractivity contribution in [3.8, 4) is 34.0 Å². The van der Waals surface area contributed by atoms with E-state index in [4.69, 9.17) is 4.98 Å². The minimum atomic E-state index is -0.0128. The smallest absolute Gasteiger partial charge is 0.868 e. The summed E-state index contributed by atoms with van der Waals surface area (Å²) in [6, 6.07) is 43.4. The van der Waals surface area contributed by atoms with Crippen LogP contribution in [0, 0.1) is 0 Å². The number of benzene rings is 6. The first kappa shape index (κ1) is 25.1. The molecule has 188 valence electrons. The fraction of sp³-hybridized carbons (Fsp3) is 0. The molecule has 0 aliphatic carbocycles. The second-order valence-electron chi connectivity index (χ2n) is 10.0. The van der Waals surface area contributed by atoms with Crippen LogP contribution in [-0.2, 0) is 0 Å². The van der Waals surface area contributed by atoms with Gasteiger partial charge in [0.2, 0.25) is 5.52 Å². The van der Waals surface area contributed by atoms with Gasteiger partial charge >= 0.3 is 18.9 Å². The summed E-state index contributed by atoms with van der Waals surface area (Å²) in [6.45, 7) is 0. The predicted octanol–water partition coefficient (Wildman–Crippen LogP) is 4.71. The fourth-order valence-corrected chi connectivity index (χ4v) is 6.11. The number of fused-ring (bicyclic) bond motifs is 4. The first-order valence-corrected chi connectivity index (χ1v) is 13.4. The van der Waals surface area contributed by atoms with Crippen LogP contribution in [0.4, 0.5) is 0 Å². The van der Waals surface area contributed by atoms with Crippen molar-refractivity contribution in [1.82, 2.24) is 9.55 Å². The van der Waals surface area contributed by atoms with Crippen molar-refractivity contribution in [1.29, 1.82) is 0 Å². The average Bonchev–Trinajstić information content (AvgIpc) is 3.40. The van der Waals surface area contributed by atoms with E-state index in [1.807, 2.05) is 30.3 Å². The van der Waals surface area contributed by atoms with Crippen molar-refractivity contribution >= 4 is 43.5 Å². The summed E-state index contributed by atoms with van der Waals surface area (Å²) >= 11 is 0. The van der Waals surface area contributed by atoms with Crippen molar-refractivity contribution in [2.45, 2.75) is 0 Å². The summed E-state index contributed by atoms with van der Waals surface area (Å²) in [5, 5.41) is 18.1. The Balaban J connectivity index is 0.00000276. The van der Waals surface area contributed by atoms with E-state index in [1.54, 1.807) is 12.3 Å². The number of nitrogens with zero attached hydrogens (tertiary/aromatic N) is 2. The Morgan fingerprint density at radius 3 is 1.85 bits per heavy atom. The van der Waals surface area contributed by atoms with E-state index >= 15 is 0 Å². The van der Waals surface area contributed by atoms with Crippen LogP contribution in [0.15, 0.2) is 134 Å². The van der Waals surface area contributed by atoms with E-state index in [-0.39, 0.29) is 24.6 Å². The Kier molecular flexibility index (Phi) is 6.09. The number of aromatic nitrogens is 3. The molecule has 0 aliphatic rings. The minimum absolute atomic E-state index is 0. The molecule has 1 N–H and O–H groups in total. The molecule has 0 saturated heterocycles. The molecule has 0 atom stereocenters. The molecule has 8 rings (SSSR count). The summed E-state index contributed by atoms with van der Waals surface area (Å²) in [5.74, 6) is 0.889. The van der Waals surface area contributed by atoms with E-state index < -0.39 is 0 Å². The quantitative estimate of drug-likeness (QED) is 0.250. The molecular weight excluding hydrogens is 497 g/mol. The zero-order valence-electron chi connectivity index (χ0n) is 22.5. The van der Waals surface area contributed by atoms with Crippen molar-refractivity contribution in [3.05, 3.63) is 134 Å². The molecule has 41 heavy (non-hydrogen) atoms. The van der Waals surface area contributed by atoms with Crippen LogP contribution in [0.3, 0.4) is 0 Å². The maximum absolute atomic E-state index is 12.7. The number of imidazole rings is 1. The monoisotopic (exact) mass is 520 g/mol. The topological polar surface area (TPSA) is 55.0 Å². The molecule has 4 nitrogen and oxygen atoms in total. The van der Waals surface area contributed by atoms with Gasteiger partial charge in [0, 0.05) is 17.3 Å². The summed E-state index contributed by atoms with van der Waals surface area (Å²) in [5.41, 5.74) is 6.92. The third-order valence-electron chi connectivity index (χ3n) is 7.79. The molecule has 0 saturated carbocycles. The number of H-pyrrole nitrogens is 1. The van der Waals surface area contributed by atoms with Gasteiger partial charge in [-0.05, 0) is 68.8 Å². The summed E-state index contributed by atoms with van der Waals surface area (Å²) in [7, 11) is 0. The van der Waals surface area contributed by atoms with Gasteiger partial charge < -0.3 is 5.11 Å². The standard InChI is InChI=1S/C36H23N3O.Li/c40-32-21-20-28(29-17-10-22-37-35(29)32)33-24-13-4-6-15-26(24)34(27-16-7-5-14-25(27)33)36-38-30-18-8-9-19-31(30)39(36)23-11-2-1-3-12-23;/h1-22,40H;/q;+1. The fourth-order valence-electron chi connectivity index (χ4n) is 6.11. The summed E-state index contributed by atoms with van der Waals surface area (Å²) in [6.07, 6.45) is 1.81. The normalized spacial score (nSPS) is 11.3. The van der Waals surface area contributed by atoms with Gasteiger partial charge in [0.05, 0.1) is 16.4 Å². The minimum Gasteiger partial charge on any atom is -0.868 e. The maximum Gasteiger partial charge on any atom is 1.00 e. The maximum atomic E-state index is 12.7. The molecule has 0 unspecified atom stereocenters. The van der Waals surface area contributed by atoms with Crippen LogP contribution in [0.1, 0.15) is 0 Å². The Hall–Kier alpha value is -4.88. The second-order valence-corrected chi connectivity index (χ2v) is 10.0. The van der Waals surface area contributed by atoms with Crippen molar-refractivity contribution in [2.24, 2.45) is 0 Å². The molecule has 0 fully saturated rings.